The van der Waals surface area contributed by atoms with Crippen LogP contribution in [-0.4, -0.2) is 34.7 Å². The molecule has 0 aliphatic rings. The zero-order chi connectivity index (χ0) is 10.4. The maximum Gasteiger partial charge on any atom is 0.237 e. The molecule has 0 aromatic rings. The molecule has 0 rings (SSSR count). The molecule has 0 bridgehead atoms. The Bertz CT molecular complexity index is 195. The third kappa shape index (κ3) is 5.76. The van der Waals surface area contributed by atoms with E-state index in [4.69, 9.17) is 5.73 Å². The third-order valence-corrected chi connectivity index (χ3v) is 2.49. The smallest absolute Gasteiger partial charge is 0.237 e. The van der Waals surface area contributed by atoms with Crippen molar-refractivity contribution in [1.82, 2.24) is 5.32 Å². The molecule has 0 aromatic heterocycles. The van der Waals surface area contributed by atoms with Gasteiger partial charge >= 0.3 is 0 Å². The van der Waals surface area contributed by atoms with Crippen LogP contribution >= 0.6 is 0 Å². The minimum absolute atomic E-state index is 0.132. The van der Waals surface area contributed by atoms with E-state index in [1.807, 2.05) is 13.8 Å². The third-order valence-electron chi connectivity index (χ3n) is 1.71. The van der Waals surface area contributed by atoms with Crippen LogP contribution in [0, 0.1) is 5.92 Å². The Balaban J connectivity index is 3.68. The second-order valence-corrected chi connectivity index (χ2v) is 4.89. The number of nitrogens with two attached hydrogens (primary N) is 1. The molecule has 2 atom stereocenters. The molecule has 13 heavy (non-hydrogen) atoms. The van der Waals surface area contributed by atoms with Gasteiger partial charge in [-0.05, 0) is 5.92 Å². The zero-order valence-electron chi connectivity index (χ0n) is 8.37. The van der Waals surface area contributed by atoms with Crippen LogP contribution in [0.2, 0.25) is 0 Å². The molecule has 0 fully saturated rings. The second kappa shape index (κ2) is 6.10. The maximum atomic E-state index is 11.2. The van der Waals surface area contributed by atoms with Gasteiger partial charge in [-0.15, -0.1) is 0 Å². The first-order valence-electron chi connectivity index (χ1n) is 4.28. The topological polar surface area (TPSA) is 72.2 Å². The highest BCUT2D eigenvalue weighted by molar-refractivity contribution is 7.84. The van der Waals surface area contributed by atoms with E-state index in [1.165, 1.54) is 0 Å². The summed E-state index contributed by atoms with van der Waals surface area (Å²) >= 11 is 0. The summed E-state index contributed by atoms with van der Waals surface area (Å²) < 4.78 is 10.7. The van der Waals surface area contributed by atoms with Crippen LogP contribution in [0.25, 0.3) is 0 Å². The molecule has 0 aliphatic carbocycles. The van der Waals surface area contributed by atoms with E-state index in [2.05, 4.69) is 5.32 Å². The molecule has 3 N–H and O–H groups in total. The van der Waals surface area contributed by atoms with Gasteiger partial charge in [0.15, 0.2) is 0 Å². The normalized spacial score (nSPS) is 15.5. The molecule has 78 valence electrons. The number of rotatable bonds is 5. The Hall–Kier alpha value is -0.420. The largest absolute Gasteiger partial charge is 0.354 e. The van der Waals surface area contributed by atoms with Gasteiger partial charge in [-0.3, -0.25) is 9.00 Å². The van der Waals surface area contributed by atoms with Crippen molar-refractivity contribution < 1.29 is 9.00 Å². The molecule has 0 saturated carbocycles. The van der Waals surface area contributed by atoms with Gasteiger partial charge in [-0.25, -0.2) is 0 Å². The van der Waals surface area contributed by atoms with E-state index >= 15 is 0 Å². The maximum absolute atomic E-state index is 11.2. The molecule has 0 heterocycles. The average molecular weight is 206 g/mol. The average Bonchev–Trinajstić information content (AvgIpc) is 2.02. The first-order valence-corrected chi connectivity index (χ1v) is 6.01. The Morgan fingerprint density at radius 3 is 2.46 bits per heavy atom. The summed E-state index contributed by atoms with van der Waals surface area (Å²) in [6.45, 7) is 4.22. The number of nitrogens with one attached hydrogen (secondary N) is 1. The summed E-state index contributed by atoms with van der Waals surface area (Å²) in [4.78, 5) is 11.2. The molecule has 5 heteroatoms. The summed E-state index contributed by atoms with van der Waals surface area (Å²) in [6, 6.07) is -0.467. The van der Waals surface area contributed by atoms with Gasteiger partial charge in [0.25, 0.3) is 0 Å². The van der Waals surface area contributed by atoms with Crippen molar-refractivity contribution in [3.05, 3.63) is 0 Å². The lowest BCUT2D eigenvalue weighted by molar-refractivity contribution is -0.123. The van der Waals surface area contributed by atoms with Crippen molar-refractivity contribution in [3.8, 4) is 0 Å². The van der Waals surface area contributed by atoms with Crippen molar-refractivity contribution in [1.29, 1.82) is 0 Å². The Labute approximate surface area is 81.7 Å². The van der Waals surface area contributed by atoms with Crippen LogP contribution in [0.15, 0.2) is 0 Å². The lowest BCUT2D eigenvalue weighted by Gasteiger charge is -2.14. The van der Waals surface area contributed by atoms with Crippen molar-refractivity contribution in [2.75, 3.05) is 18.6 Å². The van der Waals surface area contributed by atoms with Gasteiger partial charge < -0.3 is 11.1 Å². The SMILES string of the molecule is CC(C)[C@@H](N)C(=O)NCCS(C)=O. The second-order valence-electron chi connectivity index (χ2n) is 3.34. The van der Waals surface area contributed by atoms with Crippen molar-refractivity contribution in [2.24, 2.45) is 11.7 Å². The summed E-state index contributed by atoms with van der Waals surface area (Å²) in [6.07, 6.45) is 1.61. The van der Waals surface area contributed by atoms with Gasteiger partial charge in [-0.2, -0.15) is 0 Å². The quantitative estimate of drug-likeness (QED) is 0.635. The molecule has 1 unspecified atom stereocenters. The Morgan fingerprint density at radius 2 is 2.08 bits per heavy atom. The van der Waals surface area contributed by atoms with Crippen LogP contribution in [0.1, 0.15) is 13.8 Å². The fourth-order valence-corrected chi connectivity index (χ4v) is 1.13. The minimum atomic E-state index is -0.861. The Kier molecular flexibility index (Phi) is 5.90. The lowest BCUT2D eigenvalue weighted by Crippen LogP contribution is -2.44. The van der Waals surface area contributed by atoms with E-state index in [1.54, 1.807) is 6.26 Å². The molecule has 0 spiro atoms. The van der Waals surface area contributed by atoms with Crippen molar-refractivity contribution in [2.45, 2.75) is 19.9 Å². The summed E-state index contributed by atoms with van der Waals surface area (Å²) in [5, 5.41) is 2.64. The fourth-order valence-electron chi connectivity index (χ4n) is 0.739. The van der Waals surface area contributed by atoms with Gasteiger partial charge in [0.2, 0.25) is 5.91 Å². The molecule has 4 nitrogen and oxygen atoms in total. The number of carbonyl (C=O) groups excluding carboxylic acids is 1. The molecule has 0 radical (unpaired) electrons. The van der Waals surface area contributed by atoms with E-state index in [0.717, 1.165) is 0 Å². The van der Waals surface area contributed by atoms with Crippen molar-refractivity contribution >= 4 is 16.7 Å². The number of hydrogen-bond donors (Lipinski definition) is 2. The van der Waals surface area contributed by atoms with Gasteiger partial charge in [0.1, 0.15) is 0 Å². The predicted molar refractivity (Wildman–Crippen MR) is 54.8 cm³/mol. The fraction of sp³-hybridized carbons (Fsp3) is 0.875. The standard InChI is InChI=1S/C8H18N2O2S/c1-6(2)7(9)8(11)10-4-5-13(3)12/h6-7H,4-5,9H2,1-3H3,(H,10,11)/t7-,13?/m1/s1. The monoisotopic (exact) mass is 206 g/mol. The molecular weight excluding hydrogens is 188 g/mol. The van der Waals surface area contributed by atoms with Gasteiger partial charge in [-0.1, -0.05) is 13.8 Å². The highest BCUT2D eigenvalue weighted by atomic mass is 32.2. The van der Waals surface area contributed by atoms with E-state index in [-0.39, 0.29) is 11.8 Å². The zero-order valence-corrected chi connectivity index (χ0v) is 9.19. The van der Waals surface area contributed by atoms with Gasteiger partial charge in [0.05, 0.1) is 6.04 Å². The van der Waals surface area contributed by atoms with Crippen molar-refractivity contribution in [3.63, 3.8) is 0 Å². The highest BCUT2D eigenvalue weighted by Crippen LogP contribution is 1.97. The number of amides is 1. The number of hydrogen-bond acceptors (Lipinski definition) is 3. The Morgan fingerprint density at radius 1 is 1.54 bits per heavy atom. The van der Waals surface area contributed by atoms with Crippen LogP contribution in [-0.2, 0) is 15.6 Å². The minimum Gasteiger partial charge on any atom is -0.354 e. The molecule has 1 amide bonds. The first-order chi connectivity index (χ1) is 5.95. The first kappa shape index (κ1) is 12.6. The van der Waals surface area contributed by atoms with E-state index < -0.39 is 16.8 Å². The predicted octanol–water partition coefficient (Wildman–Crippen LogP) is -0.536. The highest BCUT2D eigenvalue weighted by Gasteiger charge is 2.16. The van der Waals surface area contributed by atoms with Crippen LogP contribution in [0.4, 0.5) is 0 Å². The summed E-state index contributed by atoms with van der Waals surface area (Å²) in [7, 11) is -0.861. The number of carbonyl (C=O) groups is 1. The van der Waals surface area contributed by atoms with Gasteiger partial charge in [0, 0.05) is 29.4 Å². The van der Waals surface area contributed by atoms with E-state index in [0.29, 0.717) is 12.3 Å². The molecule has 0 saturated heterocycles. The van der Waals surface area contributed by atoms with Crippen LogP contribution in [0.5, 0.6) is 0 Å². The van der Waals surface area contributed by atoms with E-state index in [9.17, 15) is 9.00 Å². The summed E-state index contributed by atoms with van der Waals surface area (Å²) in [5.41, 5.74) is 5.59. The van der Waals surface area contributed by atoms with Crippen LogP contribution < -0.4 is 11.1 Å². The van der Waals surface area contributed by atoms with Crippen LogP contribution in [0.3, 0.4) is 0 Å². The summed E-state index contributed by atoms with van der Waals surface area (Å²) in [5.74, 6) is 0.448. The molecule has 0 aromatic carbocycles. The lowest BCUT2D eigenvalue weighted by atomic mass is 10.1. The molecule has 0 aliphatic heterocycles. The molecular formula is C8H18N2O2S.